The van der Waals surface area contributed by atoms with Gasteiger partial charge in [-0.1, -0.05) is 18.5 Å². The Kier molecular flexibility index (Phi) is 5.42. The fourth-order valence-electron chi connectivity index (χ4n) is 1.47. The van der Waals surface area contributed by atoms with E-state index in [9.17, 15) is 21.6 Å². The average molecular weight is 331 g/mol. The SMILES string of the molecule is CCC(CN)NS(=O)(=O)c1cc(C(F)(F)F)ccc1Cl. The van der Waals surface area contributed by atoms with Crippen molar-refractivity contribution in [2.45, 2.75) is 30.5 Å². The highest BCUT2D eigenvalue weighted by Crippen LogP contribution is 2.33. The molecule has 1 aromatic rings. The smallest absolute Gasteiger partial charge is 0.329 e. The van der Waals surface area contributed by atoms with Crippen LogP contribution < -0.4 is 10.5 Å². The molecule has 0 amide bonds. The Hall–Kier alpha value is -0.830. The van der Waals surface area contributed by atoms with E-state index in [1.165, 1.54) is 0 Å². The number of rotatable bonds is 5. The number of nitrogens with two attached hydrogens (primary N) is 1. The van der Waals surface area contributed by atoms with Gasteiger partial charge in [0, 0.05) is 12.6 Å². The summed E-state index contributed by atoms with van der Waals surface area (Å²) in [6, 6.07) is 1.57. The van der Waals surface area contributed by atoms with Crippen LogP contribution in [-0.2, 0) is 16.2 Å². The number of benzene rings is 1. The van der Waals surface area contributed by atoms with E-state index in [2.05, 4.69) is 4.72 Å². The van der Waals surface area contributed by atoms with Gasteiger partial charge in [0.15, 0.2) is 0 Å². The second kappa shape index (κ2) is 6.30. The first-order valence-electron chi connectivity index (χ1n) is 5.71. The Labute approximate surface area is 120 Å². The van der Waals surface area contributed by atoms with Crippen LogP contribution in [0, 0.1) is 0 Å². The first kappa shape index (κ1) is 17.2. The van der Waals surface area contributed by atoms with Crippen molar-refractivity contribution in [1.29, 1.82) is 0 Å². The Morgan fingerprint density at radius 2 is 2.00 bits per heavy atom. The van der Waals surface area contributed by atoms with Crippen LogP contribution in [0.25, 0.3) is 0 Å². The molecule has 0 saturated heterocycles. The van der Waals surface area contributed by atoms with Crippen molar-refractivity contribution in [3.8, 4) is 0 Å². The van der Waals surface area contributed by atoms with Crippen molar-refractivity contribution >= 4 is 21.6 Å². The summed E-state index contributed by atoms with van der Waals surface area (Å²) in [5, 5.41) is -0.280. The van der Waals surface area contributed by atoms with Gasteiger partial charge in [0.05, 0.1) is 10.6 Å². The van der Waals surface area contributed by atoms with Crippen molar-refractivity contribution in [2.75, 3.05) is 6.54 Å². The second-order valence-corrected chi connectivity index (χ2v) is 6.19. The fraction of sp³-hybridized carbons (Fsp3) is 0.455. The maximum absolute atomic E-state index is 12.6. The Morgan fingerprint density at radius 3 is 2.45 bits per heavy atom. The molecule has 1 unspecified atom stereocenters. The summed E-state index contributed by atoms with van der Waals surface area (Å²) >= 11 is 5.68. The molecule has 0 aliphatic heterocycles. The summed E-state index contributed by atoms with van der Waals surface area (Å²) in [5.41, 5.74) is 4.29. The van der Waals surface area contributed by atoms with Crippen molar-refractivity contribution in [3.05, 3.63) is 28.8 Å². The van der Waals surface area contributed by atoms with Crippen LogP contribution in [0.5, 0.6) is 0 Å². The molecule has 0 aliphatic rings. The third-order valence-electron chi connectivity index (χ3n) is 2.65. The predicted molar refractivity (Wildman–Crippen MR) is 69.9 cm³/mol. The number of hydrogen-bond donors (Lipinski definition) is 2. The average Bonchev–Trinajstić information content (AvgIpc) is 2.34. The van der Waals surface area contributed by atoms with Crippen LogP contribution in [0.4, 0.5) is 13.2 Å². The van der Waals surface area contributed by atoms with Gasteiger partial charge < -0.3 is 5.73 Å². The number of alkyl halides is 3. The molecule has 0 radical (unpaired) electrons. The van der Waals surface area contributed by atoms with E-state index in [-0.39, 0.29) is 11.6 Å². The molecular formula is C11H14ClF3N2O2S. The Morgan fingerprint density at radius 1 is 1.40 bits per heavy atom. The van der Waals surface area contributed by atoms with Gasteiger partial charge in [-0.25, -0.2) is 13.1 Å². The Balaban J connectivity index is 3.24. The van der Waals surface area contributed by atoms with Gasteiger partial charge in [-0.15, -0.1) is 0 Å². The Bertz CT molecular complexity index is 572. The molecule has 3 N–H and O–H groups in total. The maximum atomic E-state index is 12.6. The van der Waals surface area contributed by atoms with Crippen LogP contribution in [0.1, 0.15) is 18.9 Å². The van der Waals surface area contributed by atoms with Gasteiger partial charge in [0.1, 0.15) is 4.90 Å². The monoisotopic (exact) mass is 330 g/mol. The standard InChI is InChI=1S/C11H14ClF3N2O2S/c1-2-8(6-16)17-20(18,19)10-5-7(11(13,14)15)3-4-9(10)12/h3-5,8,17H,2,6,16H2,1H3. The lowest BCUT2D eigenvalue weighted by molar-refractivity contribution is -0.137. The van der Waals surface area contributed by atoms with Gasteiger partial charge in [0.25, 0.3) is 0 Å². The highest BCUT2D eigenvalue weighted by molar-refractivity contribution is 7.89. The molecule has 1 atom stereocenters. The molecule has 0 bridgehead atoms. The molecule has 114 valence electrons. The van der Waals surface area contributed by atoms with E-state index in [0.29, 0.717) is 12.5 Å². The van der Waals surface area contributed by atoms with E-state index in [1.54, 1.807) is 6.92 Å². The zero-order valence-electron chi connectivity index (χ0n) is 10.5. The third-order valence-corrected chi connectivity index (χ3v) is 4.65. The lowest BCUT2D eigenvalue weighted by atomic mass is 10.2. The maximum Gasteiger partial charge on any atom is 0.416 e. The second-order valence-electron chi connectivity index (χ2n) is 4.11. The van der Waals surface area contributed by atoms with E-state index in [4.69, 9.17) is 17.3 Å². The summed E-state index contributed by atoms with van der Waals surface area (Å²) in [6.45, 7) is 1.74. The molecule has 0 spiro atoms. The molecule has 20 heavy (non-hydrogen) atoms. The third kappa shape index (κ3) is 4.08. The summed E-state index contributed by atoms with van der Waals surface area (Å²) in [5.74, 6) is 0. The first-order chi connectivity index (χ1) is 9.11. The lowest BCUT2D eigenvalue weighted by Crippen LogP contribution is -2.39. The minimum atomic E-state index is -4.65. The lowest BCUT2D eigenvalue weighted by Gasteiger charge is -2.16. The van der Waals surface area contributed by atoms with Gasteiger partial charge in [-0.05, 0) is 24.6 Å². The molecule has 0 aromatic heterocycles. The van der Waals surface area contributed by atoms with Crippen molar-refractivity contribution < 1.29 is 21.6 Å². The van der Waals surface area contributed by atoms with Crippen molar-refractivity contribution in [3.63, 3.8) is 0 Å². The van der Waals surface area contributed by atoms with E-state index in [1.807, 2.05) is 0 Å². The van der Waals surface area contributed by atoms with E-state index < -0.39 is 32.7 Å². The topological polar surface area (TPSA) is 72.2 Å². The fourth-order valence-corrected chi connectivity index (χ4v) is 3.32. The van der Waals surface area contributed by atoms with E-state index in [0.717, 1.165) is 12.1 Å². The largest absolute Gasteiger partial charge is 0.416 e. The zero-order valence-corrected chi connectivity index (χ0v) is 12.1. The predicted octanol–water partition coefficient (Wildman–Crippen LogP) is 2.37. The summed E-state index contributed by atoms with van der Waals surface area (Å²) < 4.78 is 64.1. The summed E-state index contributed by atoms with van der Waals surface area (Å²) in [7, 11) is -4.16. The van der Waals surface area contributed by atoms with Crippen LogP contribution in [-0.4, -0.2) is 21.0 Å². The molecule has 4 nitrogen and oxygen atoms in total. The molecule has 1 rings (SSSR count). The molecular weight excluding hydrogens is 317 g/mol. The molecule has 0 saturated carbocycles. The van der Waals surface area contributed by atoms with Gasteiger partial charge in [-0.2, -0.15) is 13.2 Å². The van der Waals surface area contributed by atoms with Gasteiger partial charge >= 0.3 is 6.18 Å². The molecule has 9 heteroatoms. The minimum Gasteiger partial charge on any atom is -0.329 e. The highest BCUT2D eigenvalue weighted by atomic mass is 35.5. The van der Waals surface area contributed by atoms with Crippen LogP contribution in [0.2, 0.25) is 5.02 Å². The molecule has 0 aliphatic carbocycles. The normalized spacial score (nSPS) is 14.3. The minimum absolute atomic E-state index is 0.0340. The summed E-state index contributed by atoms with van der Waals surface area (Å²) in [6.07, 6.45) is -4.24. The van der Waals surface area contributed by atoms with Crippen molar-refractivity contribution in [1.82, 2.24) is 4.72 Å². The highest BCUT2D eigenvalue weighted by Gasteiger charge is 2.33. The van der Waals surface area contributed by atoms with Gasteiger partial charge in [0.2, 0.25) is 10.0 Å². The number of nitrogens with one attached hydrogen (secondary N) is 1. The van der Waals surface area contributed by atoms with Crippen LogP contribution >= 0.6 is 11.6 Å². The number of hydrogen-bond acceptors (Lipinski definition) is 3. The molecule has 1 aromatic carbocycles. The van der Waals surface area contributed by atoms with Crippen LogP contribution in [0.15, 0.2) is 23.1 Å². The van der Waals surface area contributed by atoms with Gasteiger partial charge in [-0.3, -0.25) is 0 Å². The molecule has 0 heterocycles. The molecule has 0 fully saturated rings. The van der Waals surface area contributed by atoms with Crippen molar-refractivity contribution in [2.24, 2.45) is 5.73 Å². The summed E-state index contributed by atoms with van der Waals surface area (Å²) in [4.78, 5) is -0.610. The van der Waals surface area contributed by atoms with Crippen LogP contribution in [0.3, 0.4) is 0 Å². The number of sulfonamides is 1. The quantitative estimate of drug-likeness (QED) is 0.870. The van der Waals surface area contributed by atoms with E-state index >= 15 is 0 Å². The number of halogens is 4. The first-order valence-corrected chi connectivity index (χ1v) is 7.57. The zero-order chi connectivity index (χ0) is 15.6.